The van der Waals surface area contributed by atoms with E-state index in [9.17, 15) is 18.3 Å². The Morgan fingerprint density at radius 2 is 1.93 bits per heavy atom. The number of aryl methyl sites for hydroxylation is 1. The normalized spacial score (nSPS) is 11.0. The third-order valence-electron chi connectivity index (χ3n) is 3.89. The maximum atomic E-state index is 11.7. The van der Waals surface area contributed by atoms with Crippen LogP contribution in [-0.4, -0.2) is 45.1 Å². The average molecular weight is 413 g/mol. The Hall–Kier alpha value is -3.91. The van der Waals surface area contributed by atoms with Gasteiger partial charge in [-0.1, -0.05) is 12.1 Å². The molecular formula is C18H15N5O5S. The maximum Gasteiger partial charge on any atom is 0.320 e. The Bertz CT molecular complexity index is 1210. The van der Waals surface area contributed by atoms with Crippen molar-refractivity contribution in [1.82, 2.24) is 14.8 Å². The van der Waals surface area contributed by atoms with Gasteiger partial charge in [0, 0.05) is 0 Å². The molecule has 0 fully saturated rings. The number of hydrogen-bond donors (Lipinski definition) is 3. The summed E-state index contributed by atoms with van der Waals surface area (Å²) in [7, 11) is -4.05. The van der Waals surface area contributed by atoms with E-state index in [0.717, 1.165) is 0 Å². The van der Waals surface area contributed by atoms with Crippen molar-refractivity contribution in [1.29, 1.82) is 5.26 Å². The number of aromatic nitrogens is 3. The molecule has 10 nitrogen and oxygen atoms in total. The van der Waals surface area contributed by atoms with Gasteiger partial charge in [-0.15, -0.1) is 0 Å². The molecule has 0 aliphatic carbocycles. The molecule has 29 heavy (non-hydrogen) atoms. The molecule has 2 heterocycles. The first-order valence-electron chi connectivity index (χ1n) is 8.18. The summed E-state index contributed by atoms with van der Waals surface area (Å²) in [6.07, 6.45) is 1.19. The molecule has 3 rings (SSSR count). The third kappa shape index (κ3) is 4.33. The number of anilines is 1. The summed E-state index contributed by atoms with van der Waals surface area (Å²) in [5.41, 5.74) is 2.23. The van der Waals surface area contributed by atoms with E-state index < -0.39 is 21.7 Å². The Kier molecular flexibility index (Phi) is 5.20. The molecule has 3 N–H and O–H groups in total. The van der Waals surface area contributed by atoms with Crippen LogP contribution in [0, 0.1) is 18.3 Å². The molecule has 3 aromatic rings. The van der Waals surface area contributed by atoms with E-state index in [4.69, 9.17) is 10.4 Å². The molecule has 0 aliphatic heterocycles. The van der Waals surface area contributed by atoms with Gasteiger partial charge in [0.2, 0.25) is 15.9 Å². The van der Waals surface area contributed by atoms with Gasteiger partial charge in [0.25, 0.3) is 0 Å². The zero-order valence-corrected chi connectivity index (χ0v) is 15.9. The maximum absolute atomic E-state index is 11.7. The molecule has 2 aromatic heterocycles. The van der Waals surface area contributed by atoms with Crippen molar-refractivity contribution < 1.29 is 23.4 Å². The van der Waals surface area contributed by atoms with Gasteiger partial charge < -0.3 is 10.2 Å². The minimum atomic E-state index is -4.05. The lowest BCUT2D eigenvalue weighted by atomic mass is 10.0. The number of sulfonamides is 1. The van der Waals surface area contributed by atoms with E-state index in [1.165, 1.54) is 23.0 Å². The Morgan fingerprint density at radius 3 is 2.48 bits per heavy atom. The van der Waals surface area contributed by atoms with Crippen molar-refractivity contribution in [3.05, 3.63) is 53.9 Å². The lowest BCUT2D eigenvalue weighted by Gasteiger charge is -2.07. The number of carboxylic acid groups (broad SMARTS) is 1. The largest absolute Gasteiger partial charge is 0.493 e. The molecule has 0 saturated heterocycles. The number of nitriles is 1. The van der Waals surface area contributed by atoms with E-state index in [-0.39, 0.29) is 17.4 Å². The number of pyridine rings is 1. The van der Waals surface area contributed by atoms with Crippen LogP contribution in [0.4, 0.5) is 5.69 Å². The molecule has 0 bridgehead atoms. The lowest BCUT2D eigenvalue weighted by Crippen LogP contribution is -2.22. The van der Waals surface area contributed by atoms with Crippen molar-refractivity contribution in [3.63, 3.8) is 0 Å². The van der Waals surface area contributed by atoms with Crippen LogP contribution in [0.1, 0.15) is 11.3 Å². The second kappa shape index (κ2) is 7.61. The number of benzene rings is 1. The minimum absolute atomic E-state index is 0.0747. The van der Waals surface area contributed by atoms with E-state index in [2.05, 4.69) is 14.8 Å². The van der Waals surface area contributed by atoms with Gasteiger partial charge in [0.05, 0.1) is 34.8 Å². The minimum Gasteiger partial charge on any atom is -0.493 e. The molecule has 0 spiro atoms. The van der Waals surface area contributed by atoms with Crippen LogP contribution in [0.2, 0.25) is 0 Å². The number of aromatic hydroxyl groups is 1. The molecule has 11 heteroatoms. The first-order chi connectivity index (χ1) is 13.7. The standard InChI is InChI=1S/C18H15N5O5S/c1-11-17(13-4-2-12(8-19)3-5-13)18(26)23(21-11)15-7-6-14(9-20-15)22-29(27,28)10-16(24)25/h2-7,9,22,26H,10H2,1H3,(H,24,25). The van der Waals surface area contributed by atoms with E-state index in [1.54, 1.807) is 31.2 Å². The molecule has 0 atom stereocenters. The van der Waals surface area contributed by atoms with Crippen LogP contribution in [-0.2, 0) is 14.8 Å². The summed E-state index contributed by atoms with van der Waals surface area (Å²) in [5, 5.41) is 32.4. The van der Waals surface area contributed by atoms with Crippen LogP contribution in [0.25, 0.3) is 16.9 Å². The van der Waals surface area contributed by atoms with Crippen LogP contribution >= 0.6 is 0 Å². The molecule has 148 valence electrons. The van der Waals surface area contributed by atoms with Gasteiger partial charge in [0.1, 0.15) is 0 Å². The van der Waals surface area contributed by atoms with Gasteiger partial charge in [-0.05, 0) is 36.8 Å². The first-order valence-corrected chi connectivity index (χ1v) is 9.83. The van der Waals surface area contributed by atoms with E-state index in [1.807, 2.05) is 6.07 Å². The van der Waals surface area contributed by atoms with Gasteiger partial charge in [-0.3, -0.25) is 9.52 Å². The number of rotatable bonds is 6. The highest BCUT2D eigenvalue weighted by Crippen LogP contribution is 2.34. The summed E-state index contributed by atoms with van der Waals surface area (Å²) >= 11 is 0. The second-order valence-corrected chi connectivity index (χ2v) is 7.77. The highest BCUT2D eigenvalue weighted by Gasteiger charge is 2.19. The predicted octanol–water partition coefficient (Wildman–Crippen LogP) is 1.65. The van der Waals surface area contributed by atoms with Gasteiger partial charge >= 0.3 is 5.97 Å². The predicted molar refractivity (Wildman–Crippen MR) is 103 cm³/mol. The van der Waals surface area contributed by atoms with Gasteiger partial charge in [-0.2, -0.15) is 15.0 Å². The monoisotopic (exact) mass is 413 g/mol. The highest BCUT2D eigenvalue weighted by atomic mass is 32.2. The lowest BCUT2D eigenvalue weighted by molar-refractivity contribution is -0.134. The van der Waals surface area contributed by atoms with E-state index in [0.29, 0.717) is 22.4 Å². The van der Waals surface area contributed by atoms with Crippen molar-refractivity contribution in [3.8, 4) is 28.9 Å². The summed E-state index contributed by atoms with van der Waals surface area (Å²) in [6, 6.07) is 11.5. The number of nitrogens with zero attached hydrogens (tertiary/aromatic N) is 4. The smallest absolute Gasteiger partial charge is 0.320 e. The fourth-order valence-electron chi connectivity index (χ4n) is 2.67. The summed E-state index contributed by atoms with van der Waals surface area (Å²) in [5.74, 6) is -2.48. The van der Waals surface area contributed by atoms with Crippen molar-refractivity contribution in [2.75, 3.05) is 10.5 Å². The van der Waals surface area contributed by atoms with Crippen LogP contribution in [0.3, 0.4) is 0 Å². The van der Waals surface area contributed by atoms with Crippen LogP contribution < -0.4 is 4.72 Å². The fourth-order valence-corrected chi connectivity index (χ4v) is 3.55. The Morgan fingerprint density at radius 1 is 1.24 bits per heavy atom. The molecule has 0 amide bonds. The van der Waals surface area contributed by atoms with Crippen molar-refractivity contribution in [2.45, 2.75) is 6.92 Å². The van der Waals surface area contributed by atoms with Gasteiger partial charge in [0.15, 0.2) is 11.6 Å². The highest BCUT2D eigenvalue weighted by molar-refractivity contribution is 7.93. The average Bonchev–Trinajstić information content (AvgIpc) is 2.95. The van der Waals surface area contributed by atoms with Crippen LogP contribution in [0.15, 0.2) is 42.6 Å². The molecule has 0 unspecified atom stereocenters. The topological polar surface area (TPSA) is 158 Å². The molecular weight excluding hydrogens is 398 g/mol. The van der Waals surface area contributed by atoms with Crippen molar-refractivity contribution >= 4 is 21.7 Å². The molecule has 0 radical (unpaired) electrons. The zero-order valence-electron chi connectivity index (χ0n) is 15.1. The quantitative estimate of drug-likeness (QED) is 0.550. The summed E-state index contributed by atoms with van der Waals surface area (Å²) in [4.78, 5) is 14.7. The summed E-state index contributed by atoms with van der Waals surface area (Å²) < 4.78 is 26.6. The van der Waals surface area contributed by atoms with Crippen molar-refractivity contribution in [2.24, 2.45) is 0 Å². The second-order valence-electron chi connectivity index (χ2n) is 6.04. The third-order valence-corrected chi connectivity index (χ3v) is 5.06. The number of nitrogens with one attached hydrogen (secondary N) is 1. The Labute approximate surface area is 165 Å². The zero-order chi connectivity index (χ0) is 21.2. The number of carbonyl (C=O) groups is 1. The number of hydrogen-bond acceptors (Lipinski definition) is 7. The molecule has 0 aliphatic rings. The fraction of sp³-hybridized carbons (Fsp3) is 0.111. The van der Waals surface area contributed by atoms with Gasteiger partial charge in [-0.25, -0.2) is 13.4 Å². The molecule has 1 aromatic carbocycles. The first kappa shape index (κ1) is 19.8. The summed E-state index contributed by atoms with van der Waals surface area (Å²) in [6.45, 7) is 1.71. The van der Waals surface area contributed by atoms with E-state index >= 15 is 0 Å². The number of carboxylic acids is 1. The SMILES string of the molecule is Cc1nn(-c2ccc(NS(=O)(=O)CC(=O)O)cn2)c(O)c1-c1ccc(C#N)cc1. The number of aliphatic carboxylic acids is 1. The van der Waals surface area contributed by atoms with Crippen LogP contribution in [0.5, 0.6) is 5.88 Å². The Balaban J connectivity index is 1.90. The molecule has 0 saturated carbocycles.